The van der Waals surface area contributed by atoms with Gasteiger partial charge in [-0.1, -0.05) is 12.1 Å². The molecule has 1 aromatic rings. The van der Waals surface area contributed by atoms with E-state index in [4.69, 9.17) is 4.74 Å². The molecule has 0 N–H and O–H groups in total. The maximum absolute atomic E-state index is 12.3. The number of nitrogens with zero attached hydrogens (tertiary/aromatic N) is 2. The minimum absolute atomic E-state index is 0.0683. The second kappa shape index (κ2) is 6.63. The fourth-order valence-corrected chi connectivity index (χ4v) is 3.70. The van der Waals surface area contributed by atoms with Crippen LogP contribution in [0.2, 0.25) is 0 Å². The van der Waals surface area contributed by atoms with E-state index in [2.05, 4.69) is 0 Å². The van der Waals surface area contributed by atoms with Crippen LogP contribution in [0.25, 0.3) is 0 Å². The van der Waals surface area contributed by atoms with Crippen LogP contribution in [-0.4, -0.2) is 56.9 Å². The zero-order valence-electron chi connectivity index (χ0n) is 14.9. The molecule has 2 rings (SSSR count). The molecule has 0 saturated carbocycles. The molecule has 134 valence electrons. The Kier molecular flexibility index (Phi) is 5.13. The van der Waals surface area contributed by atoms with Crippen LogP contribution in [0.3, 0.4) is 0 Å². The highest BCUT2D eigenvalue weighted by molar-refractivity contribution is 7.90. The summed E-state index contributed by atoms with van der Waals surface area (Å²) < 4.78 is 29.4. The topological polar surface area (TPSA) is 66.9 Å². The van der Waals surface area contributed by atoms with Gasteiger partial charge in [0.25, 0.3) is 0 Å². The average molecular weight is 354 g/mol. The van der Waals surface area contributed by atoms with Gasteiger partial charge in [0.1, 0.15) is 5.60 Å². The molecule has 1 aliphatic heterocycles. The van der Waals surface area contributed by atoms with Crippen LogP contribution in [0.5, 0.6) is 0 Å². The highest BCUT2D eigenvalue weighted by Crippen LogP contribution is 2.27. The quantitative estimate of drug-likeness (QED) is 0.816. The first-order valence-corrected chi connectivity index (χ1v) is 9.92. The third-order valence-electron chi connectivity index (χ3n) is 3.86. The lowest BCUT2D eigenvalue weighted by atomic mass is 10.1. The number of hydrogen-bond donors (Lipinski definition) is 0. The number of hydrogen-bond acceptors (Lipinski definition) is 5. The highest BCUT2D eigenvalue weighted by Gasteiger charge is 2.32. The fourth-order valence-electron chi connectivity index (χ4n) is 2.80. The molecule has 1 amide bonds. The van der Waals surface area contributed by atoms with Crippen LogP contribution in [0.15, 0.2) is 29.2 Å². The number of carbonyl (C=O) groups is 1. The molecule has 1 fully saturated rings. The fraction of sp³-hybridized carbons (Fsp3) is 0.588. The van der Waals surface area contributed by atoms with Gasteiger partial charge in [-0.2, -0.15) is 0 Å². The number of anilines is 1. The standard InChI is InChI=1S/C17H26N2O4S/c1-13-12-18(10-11-19(13)16(20)23-17(2,3)4)14-8-6-7-9-15(14)24(5,21)22/h6-9,13H,10-12H2,1-5H3/t13-/m1/s1. The molecule has 0 aliphatic carbocycles. The Morgan fingerprint density at radius 1 is 1.21 bits per heavy atom. The third kappa shape index (κ3) is 4.41. The van der Waals surface area contributed by atoms with Gasteiger partial charge in [0, 0.05) is 31.9 Å². The number of rotatable bonds is 2. The normalized spacial score (nSPS) is 19.3. The molecule has 24 heavy (non-hydrogen) atoms. The Labute approximate surface area is 144 Å². The van der Waals surface area contributed by atoms with Crippen molar-refractivity contribution in [3.8, 4) is 0 Å². The highest BCUT2D eigenvalue weighted by atomic mass is 32.2. The van der Waals surface area contributed by atoms with Crippen molar-refractivity contribution in [2.24, 2.45) is 0 Å². The maximum Gasteiger partial charge on any atom is 0.410 e. The van der Waals surface area contributed by atoms with Crippen molar-refractivity contribution < 1.29 is 17.9 Å². The van der Waals surface area contributed by atoms with Gasteiger partial charge in [0.15, 0.2) is 9.84 Å². The Bertz CT molecular complexity index is 710. The van der Waals surface area contributed by atoms with E-state index < -0.39 is 15.4 Å². The summed E-state index contributed by atoms with van der Waals surface area (Å²) >= 11 is 0. The molecule has 0 radical (unpaired) electrons. The van der Waals surface area contributed by atoms with E-state index in [-0.39, 0.29) is 12.1 Å². The summed E-state index contributed by atoms with van der Waals surface area (Å²) in [5.41, 5.74) is 0.160. The van der Waals surface area contributed by atoms with Gasteiger partial charge in [-0.3, -0.25) is 0 Å². The molecule has 0 spiro atoms. The minimum Gasteiger partial charge on any atom is -0.444 e. The van der Waals surface area contributed by atoms with Gasteiger partial charge < -0.3 is 14.5 Å². The molecule has 1 heterocycles. The van der Waals surface area contributed by atoms with Crippen LogP contribution in [0, 0.1) is 0 Å². The molecule has 0 unspecified atom stereocenters. The number of amides is 1. The van der Waals surface area contributed by atoms with E-state index in [1.807, 2.05) is 44.7 Å². The number of sulfone groups is 1. The Balaban J connectivity index is 2.16. The van der Waals surface area contributed by atoms with Crippen LogP contribution in [0.4, 0.5) is 10.5 Å². The van der Waals surface area contributed by atoms with Crippen molar-refractivity contribution >= 4 is 21.6 Å². The molecule has 1 saturated heterocycles. The van der Waals surface area contributed by atoms with Gasteiger partial charge in [-0.15, -0.1) is 0 Å². The first kappa shape index (κ1) is 18.6. The summed E-state index contributed by atoms with van der Waals surface area (Å²) in [6.07, 6.45) is 0.887. The van der Waals surface area contributed by atoms with E-state index in [1.165, 1.54) is 6.26 Å². The zero-order valence-corrected chi connectivity index (χ0v) is 15.8. The van der Waals surface area contributed by atoms with Crippen molar-refractivity contribution in [3.63, 3.8) is 0 Å². The predicted octanol–water partition coefficient (Wildman–Crippen LogP) is 2.54. The third-order valence-corrected chi connectivity index (χ3v) is 5.01. The number of ether oxygens (including phenoxy) is 1. The molecule has 1 aliphatic rings. The molecule has 1 aromatic carbocycles. The Hall–Kier alpha value is -1.76. The number of benzene rings is 1. The molecular formula is C17H26N2O4S. The Morgan fingerprint density at radius 2 is 1.83 bits per heavy atom. The van der Waals surface area contributed by atoms with E-state index in [9.17, 15) is 13.2 Å². The molecular weight excluding hydrogens is 328 g/mol. The SMILES string of the molecule is C[C@@H]1CN(c2ccccc2S(C)(=O)=O)CCN1C(=O)OC(C)(C)C. The van der Waals surface area contributed by atoms with Crippen molar-refractivity contribution in [1.29, 1.82) is 0 Å². The first-order valence-electron chi connectivity index (χ1n) is 8.03. The van der Waals surface area contributed by atoms with Gasteiger partial charge in [0.2, 0.25) is 0 Å². The van der Waals surface area contributed by atoms with Crippen molar-refractivity contribution in [1.82, 2.24) is 4.90 Å². The number of carbonyl (C=O) groups excluding carboxylic acids is 1. The smallest absolute Gasteiger partial charge is 0.410 e. The molecule has 6 nitrogen and oxygen atoms in total. The van der Waals surface area contributed by atoms with Crippen molar-refractivity contribution in [3.05, 3.63) is 24.3 Å². The molecule has 0 bridgehead atoms. The predicted molar refractivity (Wildman–Crippen MR) is 94.2 cm³/mol. The van der Waals surface area contributed by atoms with E-state index in [1.54, 1.807) is 17.0 Å². The summed E-state index contributed by atoms with van der Waals surface area (Å²) in [5.74, 6) is 0. The molecule has 0 aromatic heterocycles. The lowest BCUT2D eigenvalue weighted by Gasteiger charge is -2.41. The van der Waals surface area contributed by atoms with Gasteiger partial charge in [0.05, 0.1) is 10.6 Å². The monoisotopic (exact) mass is 354 g/mol. The van der Waals surface area contributed by atoms with Crippen molar-refractivity contribution in [2.75, 3.05) is 30.8 Å². The lowest BCUT2D eigenvalue weighted by Crippen LogP contribution is -2.55. The van der Waals surface area contributed by atoms with Gasteiger partial charge >= 0.3 is 6.09 Å². The summed E-state index contributed by atoms with van der Waals surface area (Å²) in [6.45, 7) is 9.09. The molecule has 1 atom stereocenters. The second-order valence-electron chi connectivity index (χ2n) is 7.21. The van der Waals surface area contributed by atoms with Gasteiger partial charge in [-0.05, 0) is 39.8 Å². The zero-order chi connectivity index (χ0) is 18.1. The van der Waals surface area contributed by atoms with Crippen molar-refractivity contribution in [2.45, 2.75) is 44.2 Å². The Morgan fingerprint density at radius 3 is 2.38 bits per heavy atom. The van der Waals surface area contributed by atoms with E-state index in [0.29, 0.717) is 30.2 Å². The number of piperazine rings is 1. The van der Waals surface area contributed by atoms with Crippen LogP contribution >= 0.6 is 0 Å². The first-order chi connectivity index (χ1) is 11.0. The summed E-state index contributed by atoms with van der Waals surface area (Å²) in [6, 6.07) is 6.91. The minimum atomic E-state index is -3.30. The summed E-state index contributed by atoms with van der Waals surface area (Å²) in [4.78, 5) is 16.3. The van der Waals surface area contributed by atoms with E-state index in [0.717, 1.165) is 0 Å². The lowest BCUT2D eigenvalue weighted by molar-refractivity contribution is 0.0158. The van der Waals surface area contributed by atoms with Crippen LogP contribution in [-0.2, 0) is 14.6 Å². The largest absolute Gasteiger partial charge is 0.444 e. The van der Waals surface area contributed by atoms with Crippen LogP contribution < -0.4 is 4.90 Å². The summed E-state index contributed by atoms with van der Waals surface area (Å²) in [7, 11) is -3.30. The maximum atomic E-state index is 12.3. The van der Waals surface area contributed by atoms with E-state index >= 15 is 0 Å². The summed E-state index contributed by atoms with van der Waals surface area (Å²) in [5, 5.41) is 0. The number of para-hydroxylation sites is 1. The average Bonchev–Trinajstić information content (AvgIpc) is 2.44. The molecule has 7 heteroatoms. The van der Waals surface area contributed by atoms with Crippen LogP contribution in [0.1, 0.15) is 27.7 Å². The van der Waals surface area contributed by atoms with Gasteiger partial charge in [-0.25, -0.2) is 13.2 Å². The second-order valence-corrected chi connectivity index (χ2v) is 9.19.